The fraction of sp³-hybridized carbons (Fsp3) is 0.440. The van der Waals surface area contributed by atoms with Crippen molar-refractivity contribution < 1.29 is 19.5 Å². The van der Waals surface area contributed by atoms with Crippen LogP contribution in [-0.4, -0.2) is 60.1 Å². The average Bonchev–Trinajstić information content (AvgIpc) is 2.85. The number of carbonyl (C=O) groups is 3. The monoisotopic (exact) mass is 482 g/mol. The molecular weight excluding hydrogens is 448 g/mol. The second kappa shape index (κ2) is 12.7. The molecule has 1 heterocycles. The standard InChI is InChI=1S/C25H34N6O4/c26-25(27)29-13-5-9-20(24(34)35)30-23(33)21(31-22(32)19-8-3-4-12-28-19)15-16-10-11-17-6-1-2-7-18(17)14-16/h1-2,6-7,10-11,14,19-21,28H,3-5,8-9,12-13,15H2,(H,30,33)(H,31,32)(H,34,35)(H4,26,27,29)/t19-,20-,21-/m0/s1. The van der Waals surface area contributed by atoms with Crippen LogP contribution in [-0.2, 0) is 20.8 Å². The van der Waals surface area contributed by atoms with Crippen LogP contribution in [0.25, 0.3) is 10.8 Å². The fourth-order valence-electron chi connectivity index (χ4n) is 4.19. The van der Waals surface area contributed by atoms with Crippen LogP contribution in [0.1, 0.15) is 37.7 Å². The van der Waals surface area contributed by atoms with Gasteiger partial charge < -0.3 is 32.5 Å². The number of aliphatic imine (C=N–C) groups is 1. The number of nitrogens with zero attached hydrogens (tertiary/aromatic N) is 1. The summed E-state index contributed by atoms with van der Waals surface area (Å²) < 4.78 is 0. The molecule has 35 heavy (non-hydrogen) atoms. The Balaban J connectivity index is 1.74. The molecule has 1 aliphatic rings. The van der Waals surface area contributed by atoms with Crippen LogP contribution in [0.15, 0.2) is 47.5 Å². The van der Waals surface area contributed by atoms with Crippen LogP contribution in [0, 0.1) is 0 Å². The number of hydrogen-bond donors (Lipinski definition) is 6. The van der Waals surface area contributed by atoms with E-state index >= 15 is 0 Å². The summed E-state index contributed by atoms with van der Waals surface area (Å²) in [5.74, 6) is -2.04. The number of piperidine rings is 1. The van der Waals surface area contributed by atoms with E-state index in [0.717, 1.165) is 35.7 Å². The maximum atomic E-state index is 13.2. The SMILES string of the molecule is NC(N)=NCCC[C@H](NC(=O)[C@H](Cc1ccc2ccccc2c1)NC(=O)[C@@H]1CCCCN1)C(=O)O. The van der Waals surface area contributed by atoms with Crippen molar-refractivity contribution in [2.75, 3.05) is 13.1 Å². The van der Waals surface area contributed by atoms with Gasteiger partial charge in [-0.2, -0.15) is 0 Å². The zero-order valence-electron chi connectivity index (χ0n) is 19.7. The Hall–Kier alpha value is -3.66. The number of guanidine groups is 1. The summed E-state index contributed by atoms with van der Waals surface area (Å²) in [7, 11) is 0. The fourth-order valence-corrected chi connectivity index (χ4v) is 4.19. The molecule has 3 atom stereocenters. The number of carboxylic acid groups (broad SMARTS) is 1. The van der Waals surface area contributed by atoms with Gasteiger partial charge in [0.25, 0.3) is 0 Å². The molecule has 0 saturated carbocycles. The second-order valence-corrected chi connectivity index (χ2v) is 8.80. The largest absolute Gasteiger partial charge is 0.480 e. The Kier molecular flexibility index (Phi) is 9.42. The van der Waals surface area contributed by atoms with Gasteiger partial charge in [-0.1, -0.05) is 48.9 Å². The predicted molar refractivity (Wildman–Crippen MR) is 135 cm³/mol. The van der Waals surface area contributed by atoms with Crippen LogP contribution in [0.3, 0.4) is 0 Å². The second-order valence-electron chi connectivity index (χ2n) is 8.80. The maximum Gasteiger partial charge on any atom is 0.326 e. The van der Waals surface area contributed by atoms with E-state index in [-0.39, 0.29) is 37.3 Å². The van der Waals surface area contributed by atoms with Gasteiger partial charge in [0.05, 0.1) is 6.04 Å². The number of nitrogens with two attached hydrogens (primary N) is 2. The van der Waals surface area contributed by atoms with Crippen molar-refractivity contribution in [1.82, 2.24) is 16.0 Å². The van der Waals surface area contributed by atoms with E-state index in [0.29, 0.717) is 12.8 Å². The van der Waals surface area contributed by atoms with Gasteiger partial charge in [0.2, 0.25) is 11.8 Å². The molecular formula is C25H34N6O4. The predicted octanol–water partition coefficient (Wildman–Crippen LogP) is 0.632. The lowest BCUT2D eigenvalue weighted by molar-refractivity contribution is -0.142. The zero-order valence-corrected chi connectivity index (χ0v) is 19.7. The molecule has 1 saturated heterocycles. The number of benzene rings is 2. The number of carbonyl (C=O) groups excluding carboxylic acids is 2. The molecule has 0 bridgehead atoms. The van der Waals surface area contributed by atoms with Crippen LogP contribution in [0.4, 0.5) is 0 Å². The van der Waals surface area contributed by atoms with Crippen LogP contribution < -0.4 is 27.4 Å². The minimum Gasteiger partial charge on any atom is -0.480 e. The van der Waals surface area contributed by atoms with Gasteiger partial charge in [-0.3, -0.25) is 14.6 Å². The number of hydrogen-bond acceptors (Lipinski definition) is 5. The quantitative estimate of drug-likeness (QED) is 0.155. The molecule has 188 valence electrons. The molecule has 10 nitrogen and oxygen atoms in total. The van der Waals surface area contributed by atoms with Gasteiger partial charge in [-0.25, -0.2) is 4.79 Å². The molecule has 0 unspecified atom stereocenters. The van der Waals surface area contributed by atoms with Gasteiger partial charge in [0.15, 0.2) is 5.96 Å². The minimum atomic E-state index is -1.16. The Morgan fingerprint density at radius 1 is 1.06 bits per heavy atom. The lowest BCUT2D eigenvalue weighted by Crippen LogP contribution is -2.56. The number of amides is 2. The highest BCUT2D eigenvalue weighted by Crippen LogP contribution is 2.17. The molecule has 2 amide bonds. The van der Waals surface area contributed by atoms with E-state index in [1.54, 1.807) is 0 Å². The Morgan fingerprint density at radius 3 is 2.51 bits per heavy atom. The Morgan fingerprint density at radius 2 is 1.83 bits per heavy atom. The third kappa shape index (κ3) is 7.96. The topological polar surface area (TPSA) is 172 Å². The number of rotatable bonds is 11. The van der Waals surface area contributed by atoms with E-state index in [2.05, 4.69) is 20.9 Å². The summed E-state index contributed by atoms with van der Waals surface area (Å²) in [6, 6.07) is 11.3. The minimum absolute atomic E-state index is 0.0737. The van der Waals surface area contributed by atoms with Crippen molar-refractivity contribution in [2.45, 2.75) is 56.7 Å². The van der Waals surface area contributed by atoms with Crippen molar-refractivity contribution >= 4 is 34.5 Å². The molecule has 0 radical (unpaired) electrons. The van der Waals surface area contributed by atoms with E-state index in [9.17, 15) is 19.5 Å². The number of carboxylic acids is 1. The first-order chi connectivity index (χ1) is 16.8. The summed E-state index contributed by atoms with van der Waals surface area (Å²) >= 11 is 0. The zero-order chi connectivity index (χ0) is 25.2. The van der Waals surface area contributed by atoms with Crippen LogP contribution >= 0.6 is 0 Å². The highest BCUT2D eigenvalue weighted by Gasteiger charge is 2.29. The number of aliphatic carboxylic acids is 1. The van der Waals surface area contributed by atoms with Gasteiger partial charge in [-0.05, 0) is 48.6 Å². The highest BCUT2D eigenvalue weighted by atomic mass is 16.4. The van der Waals surface area contributed by atoms with Crippen LogP contribution in [0.5, 0.6) is 0 Å². The van der Waals surface area contributed by atoms with Gasteiger partial charge in [-0.15, -0.1) is 0 Å². The molecule has 8 N–H and O–H groups in total. The molecule has 2 aromatic rings. The Labute approximate surface area is 204 Å². The molecule has 0 aromatic heterocycles. The molecule has 0 aliphatic carbocycles. The number of nitrogens with one attached hydrogen (secondary N) is 3. The Bertz CT molecular complexity index is 1060. The third-order valence-corrected chi connectivity index (χ3v) is 6.07. The summed E-state index contributed by atoms with van der Waals surface area (Å²) in [4.78, 5) is 41.7. The summed E-state index contributed by atoms with van der Waals surface area (Å²) in [6.07, 6.45) is 3.39. The van der Waals surface area contributed by atoms with E-state index in [1.807, 2.05) is 42.5 Å². The maximum absolute atomic E-state index is 13.2. The molecule has 10 heteroatoms. The summed E-state index contributed by atoms with van der Waals surface area (Å²) in [5.41, 5.74) is 11.5. The summed E-state index contributed by atoms with van der Waals surface area (Å²) in [6.45, 7) is 1.00. The van der Waals surface area contributed by atoms with Crippen molar-refractivity contribution in [3.05, 3.63) is 48.0 Å². The molecule has 0 spiro atoms. The van der Waals surface area contributed by atoms with Gasteiger partial charge >= 0.3 is 5.97 Å². The van der Waals surface area contributed by atoms with Crippen molar-refractivity contribution in [3.8, 4) is 0 Å². The first-order valence-corrected chi connectivity index (χ1v) is 11.9. The van der Waals surface area contributed by atoms with Gasteiger partial charge in [0, 0.05) is 13.0 Å². The first-order valence-electron chi connectivity index (χ1n) is 11.9. The average molecular weight is 483 g/mol. The molecule has 3 rings (SSSR count). The van der Waals surface area contributed by atoms with Crippen LogP contribution in [0.2, 0.25) is 0 Å². The van der Waals surface area contributed by atoms with Gasteiger partial charge in [0.1, 0.15) is 12.1 Å². The molecule has 1 aliphatic heterocycles. The molecule has 2 aromatic carbocycles. The molecule has 1 fully saturated rings. The number of fused-ring (bicyclic) bond motifs is 1. The van der Waals surface area contributed by atoms with E-state index < -0.39 is 24.0 Å². The van der Waals surface area contributed by atoms with Crippen molar-refractivity contribution in [3.63, 3.8) is 0 Å². The first kappa shape index (κ1) is 26.0. The van der Waals surface area contributed by atoms with E-state index in [4.69, 9.17) is 11.5 Å². The highest BCUT2D eigenvalue weighted by molar-refractivity contribution is 5.92. The van der Waals surface area contributed by atoms with Crippen molar-refractivity contribution in [2.24, 2.45) is 16.5 Å². The summed E-state index contributed by atoms with van der Waals surface area (Å²) in [5, 5.41) is 20.3. The lowest BCUT2D eigenvalue weighted by Gasteiger charge is -2.26. The smallest absolute Gasteiger partial charge is 0.326 e. The lowest BCUT2D eigenvalue weighted by atomic mass is 9.99. The van der Waals surface area contributed by atoms with E-state index in [1.165, 1.54) is 0 Å². The normalized spacial score (nSPS) is 17.2. The third-order valence-electron chi connectivity index (χ3n) is 6.07. The van der Waals surface area contributed by atoms with Crippen molar-refractivity contribution in [1.29, 1.82) is 0 Å².